The molecule has 0 radical (unpaired) electrons. The van der Waals surface area contributed by atoms with E-state index in [1.807, 2.05) is 0 Å². The number of anilines is 1. The third-order valence-corrected chi connectivity index (χ3v) is 2.31. The Morgan fingerprint density at radius 3 is 2.74 bits per heavy atom. The molecule has 0 aromatic carbocycles. The van der Waals surface area contributed by atoms with Crippen molar-refractivity contribution in [2.45, 2.75) is 26.4 Å². The molecule has 0 saturated heterocycles. The molecule has 0 saturated carbocycles. The van der Waals surface area contributed by atoms with Crippen molar-refractivity contribution in [1.82, 2.24) is 4.98 Å². The van der Waals surface area contributed by atoms with Gasteiger partial charge in [-0.15, -0.1) is 0 Å². The standard InChI is InChI=1S/C13H19F3N2O/c1-10(2)9-19-7-3-5-17-12-8-11(4-6-18-12)13(14,15)16/h4,6,8,10H,3,5,7,9H2,1-2H3,(H,17,18). The van der Waals surface area contributed by atoms with E-state index < -0.39 is 11.7 Å². The molecule has 0 aliphatic heterocycles. The number of aromatic nitrogens is 1. The molecule has 0 aliphatic rings. The number of ether oxygens (including phenoxy) is 1. The highest BCUT2D eigenvalue weighted by molar-refractivity contribution is 5.38. The van der Waals surface area contributed by atoms with Crippen LogP contribution in [0.4, 0.5) is 19.0 Å². The van der Waals surface area contributed by atoms with Crippen LogP contribution >= 0.6 is 0 Å². The van der Waals surface area contributed by atoms with Crippen LogP contribution in [0.1, 0.15) is 25.8 Å². The number of halogens is 3. The van der Waals surface area contributed by atoms with Gasteiger partial charge in [-0.1, -0.05) is 13.8 Å². The van der Waals surface area contributed by atoms with Crippen LogP contribution in [0.25, 0.3) is 0 Å². The first kappa shape index (κ1) is 15.8. The second-order valence-electron chi connectivity index (χ2n) is 4.68. The SMILES string of the molecule is CC(C)COCCCNc1cc(C(F)(F)F)ccn1. The predicted molar refractivity (Wildman–Crippen MR) is 68.0 cm³/mol. The minimum atomic E-state index is -4.33. The number of rotatable bonds is 7. The van der Waals surface area contributed by atoms with Crippen LogP contribution in [0.5, 0.6) is 0 Å². The molecule has 108 valence electrons. The van der Waals surface area contributed by atoms with Crippen molar-refractivity contribution in [2.24, 2.45) is 5.92 Å². The molecule has 3 nitrogen and oxygen atoms in total. The lowest BCUT2D eigenvalue weighted by Gasteiger charge is -2.10. The largest absolute Gasteiger partial charge is 0.416 e. The van der Waals surface area contributed by atoms with Gasteiger partial charge in [-0.05, 0) is 24.5 Å². The Kier molecular flexibility index (Phi) is 6.08. The molecule has 0 bridgehead atoms. The number of nitrogens with zero attached hydrogens (tertiary/aromatic N) is 1. The quantitative estimate of drug-likeness (QED) is 0.773. The van der Waals surface area contributed by atoms with E-state index in [1.54, 1.807) is 0 Å². The van der Waals surface area contributed by atoms with Crippen molar-refractivity contribution >= 4 is 5.82 Å². The summed E-state index contributed by atoms with van der Waals surface area (Å²) in [6.45, 7) is 5.94. The Morgan fingerprint density at radius 1 is 1.37 bits per heavy atom. The Bertz CT molecular complexity index is 380. The Balaban J connectivity index is 2.30. The molecule has 1 aromatic rings. The van der Waals surface area contributed by atoms with Crippen LogP contribution in [-0.2, 0) is 10.9 Å². The Hall–Kier alpha value is -1.30. The van der Waals surface area contributed by atoms with E-state index in [-0.39, 0.29) is 5.82 Å². The normalized spacial score (nSPS) is 11.9. The predicted octanol–water partition coefficient (Wildman–Crippen LogP) is 3.58. The first-order valence-electron chi connectivity index (χ1n) is 6.24. The maximum Gasteiger partial charge on any atom is 0.416 e. The van der Waals surface area contributed by atoms with Crippen LogP contribution in [0.3, 0.4) is 0 Å². The van der Waals surface area contributed by atoms with E-state index >= 15 is 0 Å². The summed E-state index contributed by atoms with van der Waals surface area (Å²) in [5.74, 6) is 0.719. The molecule has 0 amide bonds. The molecule has 0 atom stereocenters. The van der Waals surface area contributed by atoms with E-state index in [0.29, 0.717) is 25.7 Å². The average molecular weight is 276 g/mol. The van der Waals surface area contributed by atoms with Gasteiger partial charge < -0.3 is 10.1 Å². The number of hydrogen-bond donors (Lipinski definition) is 1. The molecular formula is C13H19F3N2O. The monoisotopic (exact) mass is 276 g/mol. The van der Waals surface area contributed by atoms with Crippen LogP contribution in [0.15, 0.2) is 18.3 Å². The van der Waals surface area contributed by atoms with E-state index in [1.165, 1.54) is 0 Å². The topological polar surface area (TPSA) is 34.1 Å². The van der Waals surface area contributed by atoms with Crippen molar-refractivity contribution in [3.8, 4) is 0 Å². The molecule has 0 unspecified atom stereocenters. The van der Waals surface area contributed by atoms with Crippen LogP contribution in [-0.4, -0.2) is 24.7 Å². The summed E-state index contributed by atoms with van der Waals surface area (Å²) in [5.41, 5.74) is -0.693. The molecule has 19 heavy (non-hydrogen) atoms. The van der Waals surface area contributed by atoms with E-state index in [0.717, 1.165) is 24.8 Å². The summed E-state index contributed by atoms with van der Waals surface area (Å²) >= 11 is 0. The molecule has 0 spiro atoms. The third-order valence-electron chi connectivity index (χ3n) is 2.31. The highest BCUT2D eigenvalue weighted by Crippen LogP contribution is 2.29. The van der Waals surface area contributed by atoms with Crippen LogP contribution < -0.4 is 5.32 Å². The van der Waals surface area contributed by atoms with Gasteiger partial charge in [0.15, 0.2) is 0 Å². The molecule has 1 heterocycles. The summed E-state index contributed by atoms with van der Waals surface area (Å²) in [6.07, 6.45) is -2.45. The van der Waals surface area contributed by atoms with E-state index in [2.05, 4.69) is 24.1 Å². The van der Waals surface area contributed by atoms with Crippen LogP contribution in [0, 0.1) is 5.92 Å². The fourth-order valence-electron chi connectivity index (χ4n) is 1.41. The molecule has 0 aliphatic carbocycles. The van der Waals surface area contributed by atoms with Gasteiger partial charge in [0, 0.05) is 26.0 Å². The lowest BCUT2D eigenvalue weighted by atomic mass is 10.2. The van der Waals surface area contributed by atoms with E-state index in [4.69, 9.17) is 4.74 Å². The molecule has 1 N–H and O–H groups in total. The summed E-state index contributed by atoms with van der Waals surface area (Å²) < 4.78 is 42.7. The molecular weight excluding hydrogens is 257 g/mol. The number of pyridine rings is 1. The molecule has 1 aromatic heterocycles. The van der Waals surface area contributed by atoms with Gasteiger partial charge in [0.05, 0.1) is 5.56 Å². The second kappa shape index (κ2) is 7.33. The van der Waals surface area contributed by atoms with Crippen molar-refractivity contribution in [3.63, 3.8) is 0 Å². The smallest absolute Gasteiger partial charge is 0.381 e. The summed E-state index contributed by atoms with van der Waals surface area (Å²) in [7, 11) is 0. The van der Waals surface area contributed by atoms with Gasteiger partial charge in [-0.3, -0.25) is 0 Å². The van der Waals surface area contributed by atoms with Gasteiger partial charge in [0.2, 0.25) is 0 Å². The second-order valence-corrected chi connectivity index (χ2v) is 4.68. The Morgan fingerprint density at radius 2 is 2.11 bits per heavy atom. The highest BCUT2D eigenvalue weighted by atomic mass is 19.4. The third kappa shape index (κ3) is 6.42. The molecule has 1 rings (SSSR count). The van der Waals surface area contributed by atoms with Gasteiger partial charge in [0.1, 0.15) is 5.82 Å². The van der Waals surface area contributed by atoms with E-state index in [9.17, 15) is 13.2 Å². The highest BCUT2D eigenvalue weighted by Gasteiger charge is 2.30. The fraction of sp³-hybridized carbons (Fsp3) is 0.615. The number of hydrogen-bond acceptors (Lipinski definition) is 3. The van der Waals surface area contributed by atoms with Gasteiger partial charge in [-0.25, -0.2) is 4.98 Å². The van der Waals surface area contributed by atoms with Gasteiger partial charge in [-0.2, -0.15) is 13.2 Å². The zero-order valence-electron chi connectivity index (χ0n) is 11.1. The first-order chi connectivity index (χ1) is 8.89. The number of nitrogens with one attached hydrogen (secondary N) is 1. The van der Waals surface area contributed by atoms with Crippen molar-refractivity contribution < 1.29 is 17.9 Å². The fourth-order valence-corrected chi connectivity index (χ4v) is 1.41. The maximum atomic E-state index is 12.5. The summed E-state index contributed by atoms with van der Waals surface area (Å²) in [6, 6.07) is 1.96. The lowest BCUT2D eigenvalue weighted by Crippen LogP contribution is -2.10. The zero-order chi connectivity index (χ0) is 14.3. The average Bonchev–Trinajstić information content (AvgIpc) is 2.32. The van der Waals surface area contributed by atoms with Crippen LogP contribution in [0.2, 0.25) is 0 Å². The minimum Gasteiger partial charge on any atom is -0.381 e. The minimum absolute atomic E-state index is 0.235. The van der Waals surface area contributed by atoms with Gasteiger partial charge in [0.25, 0.3) is 0 Å². The Labute approximate surface area is 111 Å². The van der Waals surface area contributed by atoms with Gasteiger partial charge >= 0.3 is 6.18 Å². The van der Waals surface area contributed by atoms with Crippen molar-refractivity contribution in [2.75, 3.05) is 25.1 Å². The number of alkyl halides is 3. The molecule has 6 heteroatoms. The zero-order valence-corrected chi connectivity index (χ0v) is 11.1. The van der Waals surface area contributed by atoms with Crippen molar-refractivity contribution in [3.05, 3.63) is 23.9 Å². The summed E-state index contributed by atoms with van der Waals surface area (Å²) in [5, 5.41) is 2.85. The lowest BCUT2D eigenvalue weighted by molar-refractivity contribution is -0.137. The first-order valence-corrected chi connectivity index (χ1v) is 6.24. The van der Waals surface area contributed by atoms with Crippen molar-refractivity contribution in [1.29, 1.82) is 0 Å². The maximum absolute atomic E-state index is 12.5. The summed E-state index contributed by atoms with van der Waals surface area (Å²) in [4.78, 5) is 3.85. The molecule has 0 fully saturated rings.